The van der Waals surface area contributed by atoms with E-state index in [1.165, 1.54) is 25.7 Å². The van der Waals surface area contributed by atoms with Gasteiger partial charge in [0.1, 0.15) is 17.5 Å². The first-order valence-electron chi connectivity index (χ1n) is 9.42. The normalized spacial score (nSPS) is 26.9. The summed E-state index contributed by atoms with van der Waals surface area (Å²) in [5.74, 6) is 4.73. The van der Waals surface area contributed by atoms with E-state index in [1.54, 1.807) is 7.11 Å². The third-order valence-corrected chi connectivity index (χ3v) is 5.76. The summed E-state index contributed by atoms with van der Waals surface area (Å²) in [6, 6.07) is 0.210. The highest BCUT2D eigenvalue weighted by Gasteiger charge is 2.37. The van der Waals surface area contributed by atoms with Crippen LogP contribution in [0.25, 0.3) is 0 Å². The second kappa shape index (κ2) is 6.17. The van der Waals surface area contributed by atoms with Crippen molar-refractivity contribution in [1.82, 2.24) is 34.8 Å². The van der Waals surface area contributed by atoms with Crippen molar-refractivity contribution >= 4 is 0 Å². The van der Waals surface area contributed by atoms with E-state index in [-0.39, 0.29) is 12.1 Å². The van der Waals surface area contributed by atoms with E-state index >= 15 is 0 Å². The molecule has 8 heteroatoms. The fourth-order valence-corrected chi connectivity index (χ4v) is 4.12. The molecule has 2 atom stereocenters. The van der Waals surface area contributed by atoms with Crippen LogP contribution in [0, 0.1) is 0 Å². The maximum Gasteiger partial charge on any atom is 0.153 e. The highest BCUT2D eigenvalue weighted by atomic mass is 16.5. The number of fused-ring (bicyclic) bond motifs is 1. The zero-order valence-electron chi connectivity index (χ0n) is 14.7. The summed E-state index contributed by atoms with van der Waals surface area (Å²) in [4.78, 5) is 7.20. The summed E-state index contributed by atoms with van der Waals surface area (Å²) < 4.78 is 7.95. The van der Waals surface area contributed by atoms with E-state index < -0.39 is 0 Å². The Morgan fingerprint density at radius 2 is 2.16 bits per heavy atom. The van der Waals surface area contributed by atoms with Crippen LogP contribution in [-0.2, 0) is 24.2 Å². The molecule has 1 aliphatic carbocycles. The molecule has 2 fully saturated rings. The fraction of sp³-hybridized carbons (Fsp3) is 0.765. The topological polar surface area (TPSA) is 84.8 Å². The highest BCUT2D eigenvalue weighted by molar-refractivity contribution is 5.09. The minimum absolute atomic E-state index is 0.210. The second-order valence-corrected chi connectivity index (χ2v) is 7.53. The van der Waals surface area contributed by atoms with Crippen molar-refractivity contribution in [2.24, 2.45) is 0 Å². The van der Waals surface area contributed by atoms with Crippen LogP contribution in [0.3, 0.4) is 0 Å². The quantitative estimate of drug-likeness (QED) is 0.887. The Morgan fingerprint density at radius 3 is 3.00 bits per heavy atom. The monoisotopic (exact) mass is 343 g/mol. The van der Waals surface area contributed by atoms with Gasteiger partial charge in [-0.3, -0.25) is 10.00 Å². The minimum atomic E-state index is 0.210. The SMILES string of the molecule is CO[C@@H]1C[C@@H](c2nc(C3CC3)n[nH]2)N(Cc2nnc3n2CCCC3)C1. The van der Waals surface area contributed by atoms with Crippen molar-refractivity contribution in [2.75, 3.05) is 13.7 Å². The van der Waals surface area contributed by atoms with Crippen LogP contribution in [0.15, 0.2) is 0 Å². The highest BCUT2D eigenvalue weighted by Crippen LogP contribution is 2.39. The Bertz CT molecular complexity index is 750. The number of nitrogens with zero attached hydrogens (tertiary/aromatic N) is 6. The molecule has 1 saturated heterocycles. The number of rotatable bonds is 5. The standard InChI is InChI=1S/C17H25N7O/c1-25-12-8-13(17-18-16(21-22-17)11-5-6-11)23(9-12)10-15-20-19-14-4-2-3-7-24(14)15/h11-13H,2-10H2,1H3,(H,18,21,22)/t12-,13+/m1/s1. The second-order valence-electron chi connectivity index (χ2n) is 7.53. The smallest absolute Gasteiger partial charge is 0.153 e. The molecule has 2 aliphatic heterocycles. The molecule has 1 saturated carbocycles. The molecule has 2 aromatic heterocycles. The van der Waals surface area contributed by atoms with Gasteiger partial charge < -0.3 is 9.30 Å². The van der Waals surface area contributed by atoms with Gasteiger partial charge in [0.25, 0.3) is 0 Å². The Labute approximate surface area is 147 Å². The fourth-order valence-electron chi connectivity index (χ4n) is 4.12. The molecule has 0 bridgehead atoms. The van der Waals surface area contributed by atoms with Crippen LogP contribution in [0.5, 0.6) is 0 Å². The lowest BCUT2D eigenvalue weighted by molar-refractivity contribution is 0.106. The number of H-pyrrole nitrogens is 1. The third-order valence-electron chi connectivity index (χ3n) is 5.76. The molecule has 0 unspecified atom stereocenters. The van der Waals surface area contributed by atoms with Crippen LogP contribution in [-0.4, -0.2) is 54.6 Å². The summed E-state index contributed by atoms with van der Waals surface area (Å²) in [5.41, 5.74) is 0. The van der Waals surface area contributed by atoms with Crippen LogP contribution in [0.1, 0.15) is 67.4 Å². The Balaban J connectivity index is 1.38. The summed E-state index contributed by atoms with van der Waals surface area (Å²) in [5, 5.41) is 16.5. The van der Waals surface area contributed by atoms with E-state index in [1.807, 2.05) is 0 Å². The lowest BCUT2D eigenvalue weighted by Gasteiger charge is -2.23. The maximum absolute atomic E-state index is 5.64. The average molecular weight is 343 g/mol. The van der Waals surface area contributed by atoms with Gasteiger partial charge in [0, 0.05) is 32.5 Å². The third kappa shape index (κ3) is 2.87. The molecule has 5 rings (SSSR count). The van der Waals surface area contributed by atoms with Gasteiger partial charge >= 0.3 is 0 Å². The van der Waals surface area contributed by atoms with E-state index in [2.05, 4.69) is 29.9 Å². The molecule has 25 heavy (non-hydrogen) atoms. The predicted octanol–water partition coefficient (Wildman–Crippen LogP) is 1.57. The first-order valence-corrected chi connectivity index (χ1v) is 9.42. The zero-order chi connectivity index (χ0) is 16.8. The zero-order valence-corrected chi connectivity index (χ0v) is 14.7. The average Bonchev–Trinajstić information content (AvgIpc) is 3.08. The van der Waals surface area contributed by atoms with E-state index in [9.17, 15) is 0 Å². The number of aryl methyl sites for hydroxylation is 1. The summed E-state index contributed by atoms with van der Waals surface area (Å²) >= 11 is 0. The number of hydrogen-bond acceptors (Lipinski definition) is 6. The van der Waals surface area contributed by atoms with Crippen molar-refractivity contribution in [2.45, 2.75) is 69.7 Å². The number of aromatic nitrogens is 6. The number of ether oxygens (including phenoxy) is 1. The first kappa shape index (κ1) is 15.5. The van der Waals surface area contributed by atoms with Gasteiger partial charge in [-0.25, -0.2) is 4.98 Å². The molecule has 0 amide bonds. The number of nitrogens with one attached hydrogen (secondary N) is 1. The number of methoxy groups -OCH3 is 1. The Kier molecular flexibility index (Phi) is 3.82. The summed E-state index contributed by atoms with van der Waals surface area (Å²) in [6.45, 7) is 2.72. The first-order chi connectivity index (χ1) is 12.3. The molecule has 4 heterocycles. The molecular weight excluding hydrogens is 318 g/mol. The lowest BCUT2D eigenvalue weighted by Crippen LogP contribution is -2.27. The maximum atomic E-state index is 5.64. The van der Waals surface area contributed by atoms with Crippen LogP contribution in [0.2, 0.25) is 0 Å². The van der Waals surface area contributed by atoms with Gasteiger partial charge in [-0.05, 0) is 32.1 Å². The van der Waals surface area contributed by atoms with Crippen LogP contribution >= 0.6 is 0 Å². The molecular formula is C17H25N7O. The Morgan fingerprint density at radius 1 is 1.24 bits per heavy atom. The van der Waals surface area contributed by atoms with Crippen LogP contribution < -0.4 is 0 Å². The van der Waals surface area contributed by atoms with Gasteiger partial charge in [0.15, 0.2) is 5.82 Å². The van der Waals surface area contributed by atoms with E-state index in [4.69, 9.17) is 9.72 Å². The van der Waals surface area contributed by atoms with E-state index in [0.29, 0.717) is 5.92 Å². The largest absolute Gasteiger partial charge is 0.380 e. The van der Waals surface area contributed by atoms with E-state index in [0.717, 1.165) is 55.8 Å². The van der Waals surface area contributed by atoms with Crippen molar-refractivity contribution in [3.8, 4) is 0 Å². The molecule has 134 valence electrons. The van der Waals surface area contributed by atoms with Gasteiger partial charge in [-0.1, -0.05) is 0 Å². The molecule has 3 aliphatic rings. The van der Waals surface area contributed by atoms with Crippen LogP contribution in [0.4, 0.5) is 0 Å². The minimum Gasteiger partial charge on any atom is -0.380 e. The summed E-state index contributed by atoms with van der Waals surface area (Å²) in [7, 11) is 1.79. The molecule has 0 spiro atoms. The molecule has 2 aromatic rings. The molecule has 8 nitrogen and oxygen atoms in total. The van der Waals surface area contributed by atoms with Crippen molar-refractivity contribution < 1.29 is 4.74 Å². The summed E-state index contributed by atoms with van der Waals surface area (Å²) in [6.07, 6.45) is 7.09. The molecule has 0 radical (unpaired) electrons. The van der Waals surface area contributed by atoms with Crippen molar-refractivity contribution in [3.63, 3.8) is 0 Å². The molecule has 0 aromatic carbocycles. The van der Waals surface area contributed by atoms with Gasteiger partial charge in [0.05, 0.1) is 18.7 Å². The number of likely N-dealkylation sites (tertiary alicyclic amines) is 1. The van der Waals surface area contributed by atoms with Crippen molar-refractivity contribution in [1.29, 1.82) is 0 Å². The number of aromatic amines is 1. The Hall–Kier alpha value is -1.80. The predicted molar refractivity (Wildman–Crippen MR) is 89.9 cm³/mol. The lowest BCUT2D eigenvalue weighted by atomic mass is 10.1. The molecule has 1 N–H and O–H groups in total. The number of hydrogen-bond donors (Lipinski definition) is 1. The van der Waals surface area contributed by atoms with Gasteiger partial charge in [-0.2, -0.15) is 5.10 Å². The van der Waals surface area contributed by atoms with Gasteiger partial charge in [0.2, 0.25) is 0 Å². The van der Waals surface area contributed by atoms with Gasteiger partial charge in [-0.15, -0.1) is 10.2 Å². The van der Waals surface area contributed by atoms with Crippen molar-refractivity contribution in [3.05, 3.63) is 23.3 Å².